The number of benzene rings is 1. The van der Waals surface area contributed by atoms with Crippen molar-refractivity contribution >= 4 is 29.2 Å². The van der Waals surface area contributed by atoms with E-state index >= 15 is 0 Å². The zero-order valence-corrected chi connectivity index (χ0v) is 12.2. The summed E-state index contributed by atoms with van der Waals surface area (Å²) in [6.07, 6.45) is -4.49. The van der Waals surface area contributed by atoms with Gasteiger partial charge in [0.2, 0.25) is 0 Å². The summed E-state index contributed by atoms with van der Waals surface area (Å²) >= 11 is 11.8. The Morgan fingerprint density at radius 2 is 1.95 bits per heavy atom. The van der Waals surface area contributed by atoms with Crippen LogP contribution in [0.15, 0.2) is 18.2 Å². The van der Waals surface area contributed by atoms with Crippen molar-refractivity contribution in [1.82, 2.24) is 5.32 Å². The number of hydrogen-bond donors (Lipinski definition) is 1. The Kier molecular flexibility index (Phi) is 5.29. The molecule has 20 heavy (non-hydrogen) atoms. The maximum atomic E-state index is 12.4. The summed E-state index contributed by atoms with van der Waals surface area (Å²) in [5.41, 5.74) is -1.64. The van der Waals surface area contributed by atoms with E-state index in [-0.39, 0.29) is 15.6 Å². The highest BCUT2D eigenvalue weighted by molar-refractivity contribution is 6.42. The molecule has 0 amide bonds. The molecule has 0 aliphatic carbocycles. The molecule has 0 saturated carbocycles. The average molecular weight is 330 g/mol. The van der Waals surface area contributed by atoms with Crippen LogP contribution < -0.4 is 5.32 Å². The van der Waals surface area contributed by atoms with Crippen molar-refractivity contribution in [2.45, 2.75) is 18.6 Å². The monoisotopic (exact) mass is 329 g/mol. The third-order valence-electron chi connectivity index (χ3n) is 2.73. The summed E-state index contributed by atoms with van der Waals surface area (Å²) in [7, 11) is 1.08. The number of carbonyl (C=O) groups excluding carboxylic acids is 1. The molecule has 0 heterocycles. The Morgan fingerprint density at radius 1 is 1.35 bits per heavy atom. The first-order valence-corrected chi connectivity index (χ1v) is 6.22. The zero-order valence-electron chi connectivity index (χ0n) is 10.6. The molecule has 0 aliphatic heterocycles. The fourth-order valence-electron chi connectivity index (χ4n) is 1.65. The topological polar surface area (TPSA) is 38.3 Å². The van der Waals surface area contributed by atoms with Gasteiger partial charge in [0.1, 0.15) is 5.54 Å². The van der Waals surface area contributed by atoms with E-state index in [1.54, 1.807) is 0 Å². The predicted molar refractivity (Wildman–Crippen MR) is 69.9 cm³/mol. The molecule has 0 spiro atoms. The van der Waals surface area contributed by atoms with Crippen LogP contribution in [0, 0.1) is 0 Å². The minimum Gasteiger partial charge on any atom is -0.467 e. The van der Waals surface area contributed by atoms with E-state index < -0.39 is 24.2 Å². The second-order valence-corrected chi connectivity index (χ2v) is 4.97. The Bertz CT molecular complexity index is 508. The number of esters is 1. The lowest BCUT2D eigenvalue weighted by atomic mass is 9.91. The standard InChI is InChI=1S/C12H12Cl2F3NO2/c1-11(10(19)20-2,18-6-12(15,16)17)7-4-3-5-8(13)9(7)14/h3-5,18H,6H2,1-2H3. The first-order valence-electron chi connectivity index (χ1n) is 5.46. The third kappa shape index (κ3) is 3.77. The molecule has 0 saturated heterocycles. The lowest BCUT2D eigenvalue weighted by Gasteiger charge is -2.30. The van der Waals surface area contributed by atoms with Crippen LogP contribution in [0.2, 0.25) is 10.0 Å². The van der Waals surface area contributed by atoms with Gasteiger partial charge in [0.25, 0.3) is 0 Å². The van der Waals surface area contributed by atoms with E-state index in [0.717, 1.165) is 7.11 Å². The van der Waals surface area contributed by atoms with Gasteiger partial charge >= 0.3 is 12.1 Å². The van der Waals surface area contributed by atoms with Crippen LogP contribution in [0.25, 0.3) is 0 Å². The summed E-state index contributed by atoms with van der Waals surface area (Å²) in [4.78, 5) is 11.9. The quantitative estimate of drug-likeness (QED) is 0.859. The van der Waals surface area contributed by atoms with E-state index in [4.69, 9.17) is 23.2 Å². The van der Waals surface area contributed by atoms with Crippen LogP contribution in [0.3, 0.4) is 0 Å². The molecule has 8 heteroatoms. The minimum absolute atomic E-state index is 0.00302. The molecule has 1 atom stereocenters. The van der Waals surface area contributed by atoms with Crippen molar-refractivity contribution < 1.29 is 22.7 Å². The summed E-state index contributed by atoms with van der Waals surface area (Å²) in [5.74, 6) is -0.897. The third-order valence-corrected chi connectivity index (χ3v) is 3.55. The fourth-order valence-corrected chi connectivity index (χ4v) is 2.14. The molecule has 1 unspecified atom stereocenters. The molecule has 1 N–H and O–H groups in total. The lowest BCUT2D eigenvalue weighted by molar-refractivity contribution is -0.153. The van der Waals surface area contributed by atoms with Gasteiger partial charge in [-0.2, -0.15) is 13.2 Å². The molecule has 1 rings (SSSR count). The van der Waals surface area contributed by atoms with Crippen LogP contribution in [0.4, 0.5) is 13.2 Å². The Hall–Kier alpha value is -0.980. The van der Waals surface area contributed by atoms with Crippen molar-refractivity contribution in [1.29, 1.82) is 0 Å². The van der Waals surface area contributed by atoms with Gasteiger partial charge in [0.15, 0.2) is 0 Å². The largest absolute Gasteiger partial charge is 0.467 e. The average Bonchev–Trinajstić information content (AvgIpc) is 2.37. The first-order chi connectivity index (χ1) is 9.12. The molecule has 3 nitrogen and oxygen atoms in total. The molecule has 0 radical (unpaired) electrons. The van der Waals surface area contributed by atoms with Crippen LogP contribution >= 0.6 is 23.2 Å². The number of ether oxygens (including phenoxy) is 1. The highest BCUT2D eigenvalue weighted by Crippen LogP contribution is 2.34. The van der Waals surface area contributed by atoms with Gasteiger partial charge in [0, 0.05) is 5.56 Å². The summed E-state index contributed by atoms with van der Waals surface area (Å²) in [5, 5.41) is 2.26. The Balaban J connectivity index is 3.24. The van der Waals surface area contributed by atoms with Crippen molar-refractivity contribution in [3.8, 4) is 0 Å². The molecule has 112 valence electrons. The molecule has 0 aliphatic rings. The first kappa shape index (κ1) is 17.1. The predicted octanol–water partition coefficient (Wildman–Crippen LogP) is 3.53. The molecule has 0 bridgehead atoms. The van der Waals surface area contributed by atoms with E-state index in [9.17, 15) is 18.0 Å². The molecule has 1 aromatic rings. The minimum atomic E-state index is -4.49. The second kappa shape index (κ2) is 6.20. The van der Waals surface area contributed by atoms with Crippen LogP contribution in [-0.2, 0) is 15.1 Å². The Labute approximate surface area is 124 Å². The van der Waals surface area contributed by atoms with E-state index in [1.165, 1.54) is 25.1 Å². The number of methoxy groups -OCH3 is 1. The van der Waals surface area contributed by atoms with Crippen molar-refractivity contribution in [2.24, 2.45) is 0 Å². The normalized spacial score (nSPS) is 14.8. The smallest absolute Gasteiger partial charge is 0.401 e. The molecular weight excluding hydrogens is 318 g/mol. The van der Waals surface area contributed by atoms with Gasteiger partial charge in [-0.05, 0) is 13.0 Å². The highest BCUT2D eigenvalue weighted by atomic mass is 35.5. The number of hydrogen-bond acceptors (Lipinski definition) is 3. The maximum absolute atomic E-state index is 12.4. The van der Waals surface area contributed by atoms with Gasteiger partial charge in [-0.25, -0.2) is 4.79 Å². The zero-order chi connectivity index (χ0) is 15.6. The fraction of sp³-hybridized carbons (Fsp3) is 0.417. The van der Waals surface area contributed by atoms with Gasteiger partial charge in [0.05, 0.1) is 23.7 Å². The van der Waals surface area contributed by atoms with Crippen molar-refractivity contribution in [3.63, 3.8) is 0 Å². The number of carbonyl (C=O) groups is 1. The lowest BCUT2D eigenvalue weighted by Crippen LogP contribution is -2.50. The molecule has 1 aromatic carbocycles. The van der Waals surface area contributed by atoms with E-state index in [0.29, 0.717) is 0 Å². The maximum Gasteiger partial charge on any atom is 0.401 e. The van der Waals surface area contributed by atoms with E-state index in [1.807, 2.05) is 0 Å². The van der Waals surface area contributed by atoms with Crippen LogP contribution in [-0.4, -0.2) is 25.8 Å². The van der Waals surface area contributed by atoms with Gasteiger partial charge in [-0.15, -0.1) is 0 Å². The number of rotatable bonds is 4. The second-order valence-electron chi connectivity index (χ2n) is 4.19. The summed E-state index contributed by atoms with van der Waals surface area (Å²) < 4.78 is 41.7. The highest BCUT2D eigenvalue weighted by Gasteiger charge is 2.41. The number of halogens is 5. The number of alkyl halides is 3. The number of nitrogens with one attached hydrogen (secondary N) is 1. The van der Waals surface area contributed by atoms with Crippen LogP contribution in [0.1, 0.15) is 12.5 Å². The van der Waals surface area contributed by atoms with Crippen LogP contribution in [0.5, 0.6) is 0 Å². The van der Waals surface area contributed by atoms with Gasteiger partial charge < -0.3 is 4.74 Å². The molecule has 0 aromatic heterocycles. The molecular formula is C12H12Cl2F3NO2. The van der Waals surface area contributed by atoms with Crippen molar-refractivity contribution in [2.75, 3.05) is 13.7 Å². The summed E-state index contributed by atoms with van der Waals surface area (Å²) in [6.45, 7) is -0.121. The SMILES string of the molecule is COC(=O)C(C)(NCC(F)(F)F)c1cccc(Cl)c1Cl. The van der Waals surface area contributed by atoms with E-state index in [2.05, 4.69) is 10.1 Å². The van der Waals surface area contributed by atoms with Gasteiger partial charge in [-0.3, -0.25) is 5.32 Å². The Morgan fingerprint density at radius 3 is 2.45 bits per heavy atom. The van der Waals surface area contributed by atoms with Crippen molar-refractivity contribution in [3.05, 3.63) is 33.8 Å². The van der Waals surface area contributed by atoms with Gasteiger partial charge in [-0.1, -0.05) is 35.3 Å². The summed E-state index contributed by atoms with van der Waals surface area (Å²) in [6, 6.07) is 4.36. The molecule has 0 fully saturated rings.